The molecule has 0 saturated carbocycles. The first-order chi connectivity index (χ1) is 16.9. The molecule has 0 atom stereocenters. The van der Waals surface area contributed by atoms with Gasteiger partial charge in [-0.2, -0.15) is 0 Å². The van der Waals surface area contributed by atoms with E-state index in [4.69, 9.17) is 14.2 Å². The summed E-state index contributed by atoms with van der Waals surface area (Å²) in [5.41, 5.74) is 2.16. The number of nitrogens with zero attached hydrogens (tertiary/aromatic N) is 3. The Balaban J connectivity index is 1.49. The van der Waals surface area contributed by atoms with Gasteiger partial charge in [-0.15, -0.1) is 0 Å². The van der Waals surface area contributed by atoms with Crippen molar-refractivity contribution in [2.24, 2.45) is 0 Å². The average Bonchev–Trinajstić information content (AvgIpc) is 3.06. The zero-order chi connectivity index (χ0) is 25.2. The van der Waals surface area contributed by atoms with E-state index in [2.05, 4.69) is 4.90 Å². The van der Waals surface area contributed by atoms with E-state index in [1.165, 1.54) is 4.90 Å². The molecule has 2 aromatic rings. The number of ether oxygens (including phenoxy) is 3. The minimum absolute atomic E-state index is 0.0929. The first-order valence-corrected chi connectivity index (χ1v) is 12.1. The molecule has 0 N–H and O–H groups in total. The largest absolute Gasteiger partial charge is 0.497 e. The van der Waals surface area contributed by atoms with E-state index in [0.717, 1.165) is 41.3 Å². The molecule has 3 amide bonds. The number of benzene rings is 2. The van der Waals surface area contributed by atoms with Crippen molar-refractivity contribution in [3.8, 4) is 17.2 Å². The fraction of sp³-hybridized carbons (Fsp3) is 0.481. The van der Waals surface area contributed by atoms with Gasteiger partial charge in [0.15, 0.2) is 0 Å². The SMILES string of the molecule is CCN1C(=O)N(Cc2cccc(OC)c2)C(=O)C12CCN(Cc1ccc(OC)c(C)c1OC)CC2. The minimum Gasteiger partial charge on any atom is -0.497 e. The fourth-order valence-electron chi connectivity index (χ4n) is 5.48. The number of urea groups is 1. The Kier molecular flexibility index (Phi) is 7.21. The van der Waals surface area contributed by atoms with Crippen LogP contribution in [0.2, 0.25) is 0 Å². The molecule has 8 heteroatoms. The van der Waals surface area contributed by atoms with E-state index in [-0.39, 0.29) is 18.5 Å². The molecule has 0 unspecified atom stereocenters. The van der Waals surface area contributed by atoms with Crippen LogP contribution in [0.4, 0.5) is 4.79 Å². The highest BCUT2D eigenvalue weighted by Gasteiger charge is 2.57. The van der Waals surface area contributed by atoms with Gasteiger partial charge in [0.05, 0.1) is 27.9 Å². The monoisotopic (exact) mass is 481 g/mol. The van der Waals surface area contributed by atoms with Crippen molar-refractivity contribution in [1.29, 1.82) is 0 Å². The van der Waals surface area contributed by atoms with Gasteiger partial charge in [-0.05, 0) is 50.5 Å². The Morgan fingerprint density at radius 3 is 2.31 bits per heavy atom. The summed E-state index contributed by atoms with van der Waals surface area (Å²) >= 11 is 0. The van der Waals surface area contributed by atoms with E-state index in [1.807, 2.05) is 50.2 Å². The predicted molar refractivity (Wildman–Crippen MR) is 133 cm³/mol. The number of carbonyl (C=O) groups is 2. The molecule has 2 fully saturated rings. The highest BCUT2D eigenvalue weighted by molar-refractivity contribution is 6.07. The molecule has 2 saturated heterocycles. The van der Waals surface area contributed by atoms with E-state index in [1.54, 1.807) is 26.2 Å². The van der Waals surface area contributed by atoms with Crippen molar-refractivity contribution >= 4 is 11.9 Å². The third-order valence-electron chi connectivity index (χ3n) is 7.35. The van der Waals surface area contributed by atoms with Gasteiger partial charge in [0, 0.05) is 37.3 Å². The summed E-state index contributed by atoms with van der Waals surface area (Å²) in [5, 5.41) is 0. The van der Waals surface area contributed by atoms with Gasteiger partial charge in [-0.25, -0.2) is 4.79 Å². The van der Waals surface area contributed by atoms with Crippen LogP contribution >= 0.6 is 0 Å². The molecule has 4 rings (SSSR count). The molecule has 35 heavy (non-hydrogen) atoms. The normalized spacial score (nSPS) is 17.9. The lowest BCUT2D eigenvalue weighted by Crippen LogP contribution is -2.56. The number of hydrogen-bond acceptors (Lipinski definition) is 6. The van der Waals surface area contributed by atoms with Crippen molar-refractivity contribution in [1.82, 2.24) is 14.7 Å². The van der Waals surface area contributed by atoms with Crippen LogP contribution in [0.5, 0.6) is 17.2 Å². The van der Waals surface area contributed by atoms with Crippen LogP contribution in [0, 0.1) is 6.92 Å². The lowest BCUT2D eigenvalue weighted by molar-refractivity contribution is -0.136. The van der Waals surface area contributed by atoms with E-state index >= 15 is 0 Å². The molecule has 2 heterocycles. The fourth-order valence-corrected chi connectivity index (χ4v) is 5.48. The highest BCUT2D eigenvalue weighted by atomic mass is 16.5. The Morgan fingerprint density at radius 2 is 1.69 bits per heavy atom. The van der Waals surface area contributed by atoms with Crippen LogP contribution in [-0.2, 0) is 17.9 Å². The molecule has 0 aromatic heterocycles. The van der Waals surface area contributed by atoms with Crippen LogP contribution in [0.25, 0.3) is 0 Å². The number of rotatable bonds is 8. The second kappa shape index (κ2) is 10.2. The summed E-state index contributed by atoms with van der Waals surface area (Å²) in [4.78, 5) is 32.5. The summed E-state index contributed by atoms with van der Waals surface area (Å²) in [5.74, 6) is 2.25. The first kappa shape index (κ1) is 24.9. The van der Waals surface area contributed by atoms with Gasteiger partial charge in [0.1, 0.15) is 22.8 Å². The number of imide groups is 1. The van der Waals surface area contributed by atoms with Crippen molar-refractivity contribution in [3.05, 3.63) is 53.1 Å². The maximum absolute atomic E-state index is 13.7. The molecule has 2 aromatic carbocycles. The maximum atomic E-state index is 13.7. The number of amides is 3. The van der Waals surface area contributed by atoms with E-state index in [0.29, 0.717) is 31.7 Å². The van der Waals surface area contributed by atoms with Gasteiger partial charge in [0.25, 0.3) is 5.91 Å². The molecule has 0 radical (unpaired) electrons. The Morgan fingerprint density at radius 1 is 0.943 bits per heavy atom. The minimum atomic E-state index is -0.777. The number of likely N-dealkylation sites (tertiary alicyclic amines) is 1. The van der Waals surface area contributed by atoms with Gasteiger partial charge in [-0.3, -0.25) is 14.6 Å². The lowest BCUT2D eigenvalue weighted by Gasteiger charge is -2.42. The number of carbonyl (C=O) groups excluding carboxylic acids is 2. The molecular weight excluding hydrogens is 446 g/mol. The Bertz CT molecular complexity index is 1090. The van der Waals surface area contributed by atoms with Crippen LogP contribution < -0.4 is 14.2 Å². The summed E-state index contributed by atoms with van der Waals surface area (Å²) in [6.45, 7) is 6.84. The number of piperidine rings is 1. The standard InChI is InChI=1S/C27H35N3O5/c1-6-30-26(32)29(17-20-8-7-9-22(16-20)33-3)25(31)27(30)12-14-28(15-13-27)18-21-10-11-23(34-4)19(2)24(21)35-5/h7-11,16H,6,12-15,17-18H2,1-5H3. The third-order valence-corrected chi connectivity index (χ3v) is 7.35. The molecule has 0 aliphatic carbocycles. The molecule has 0 bridgehead atoms. The quantitative estimate of drug-likeness (QED) is 0.534. The van der Waals surface area contributed by atoms with Gasteiger partial charge < -0.3 is 19.1 Å². The number of likely N-dealkylation sites (N-methyl/N-ethyl adjacent to an activating group) is 1. The molecule has 2 aliphatic rings. The lowest BCUT2D eigenvalue weighted by atomic mass is 9.85. The summed E-state index contributed by atoms with van der Waals surface area (Å²) in [6.07, 6.45) is 1.22. The zero-order valence-corrected chi connectivity index (χ0v) is 21.3. The number of methoxy groups -OCH3 is 3. The molecular formula is C27H35N3O5. The predicted octanol–water partition coefficient (Wildman–Crippen LogP) is 3.84. The topological polar surface area (TPSA) is 71.6 Å². The maximum Gasteiger partial charge on any atom is 0.327 e. The van der Waals surface area contributed by atoms with Crippen LogP contribution in [0.3, 0.4) is 0 Å². The van der Waals surface area contributed by atoms with Crippen LogP contribution in [0.1, 0.15) is 36.5 Å². The van der Waals surface area contributed by atoms with Crippen molar-refractivity contribution in [2.75, 3.05) is 41.0 Å². The van der Waals surface area contributed by atoms with E-state index < -0.39 is 5.54 Å². The average molecular weight is 482 g/mol. The van der Waals surface area contributed by atoms with Gasteiger partial charge in [-0.1, -0.05) is 18.2 Å². The van der Waals surface area contributed by atoms with Gasteiger partial charge in [0.2, 0.25) is 0 Å². The second-order valence-electron chi connectivity index (χ2n) is 9.16. The van der Waals surface area contributed by atoms with Crippen molar-refractivity contribution in [2.45, 2.75) is 45.3 Å². The third kappa shape index (κ3) is 4.43. The smallest absolute Gasteiger partial charge is 0.327 e. The summed E-state index contributed by atoms with van der Waals surface area (Å²) in [7, 11) is 4.94. The zero-order valence-electron chi connectivity index (χ0n) is 21.3. The van der Waals surface area contributed by atoms with E-state index in [9.17, 15) is 9.59 Å². The van der Waals surface area contributed by atoms with Crippen molar-refractivity contribution in [3.63, 3.8) is 0 Å². The van der Waals surface area contributed by atoms with Crippen LogP contribution in [-0.4, -0.2) is 73.1 Å². The highest BCUT2D eigenvalue weighted by Crippen LogP contribution is 2.39. The first-order valence-electron chi connectivity index (χ1n) is 12.1. The van der Waals surface area contributed by atoms with Gasteiger partial charge >= 0.3 is 6.03 Å². The second-order valence-corrected chi connectivity index (χ2v) is 9.16. The molecule has 8 nitrogen and oxygen atoms in total. The summed E-state index contributed by atoms with van der Waals surface area (Å²) < 4.78 is 16.4. The summed E-state index contributed by atoms with van der Waals surface area (Å²) in [6, 6.07) is 11.3. The number of hydrogen-bond donors (Lipinski definition) is 0. The Labute approximate surface area is 207 Å². The molecule has 188 valence electrons. The molecule has 1 spiro atoms. The Hall–Kier alpha value is -3.26. The van der Waals surface area contributed by atoms with Crippen LogP contribution in [0.15, 0.2) is 36.4 Å². The van der Waals surface area contributed by atoms with Crippen molar-refractivity contribution < 1.29 is 23.8 Å². The molecule has 2 aliphatic heterocycles.